The van der Waals surface area contributed by atoms with Crippen LogP contribution in [0.5, 0.6) is 5.75 Å². The van der Waals surface area contributed by atoms with Crippen LogP contribution in [0.3, 0.4) is 0 Å². The van der Waals surface area contributed by atoms with Crippen LogP contribution in [0.15, 0.2) is 53.3 Å². The highest BCUT2D eigenvalue weighted by atomic mass is 16.5. The highest BCUT2D eigenvalue weighted by Crippen LogP contribution is 2.36. The van der Waals surface area contributed by atoms with Gasteiger partial charge in [-0.3, -0.25) is 4.98 Å². The number of aryl methyl sites for hydroxylation is 1. The van der Waals surface area contributed by atoms with Crippen LogP contribution in [0, 0.1) is 6.92 Å². The van der Waals surface area contributed by atoms with Gasteiger partial charge < -0.3 is 9.26 Å². The van der Waals surface area contributed by atoms with E-state index in [1.807, 2.05) is 37.3 Å². The average Bonchev–Trinajstić information content (AvgIpc) is 3.33. The Labute approximate surface area is 153 Å². The van der Waals surface area contributed by atoms with Crippen molar-refractivity contribution in [3.05, 3.63) is 54.6 Å². The minimum absolute atomic E-state index is 0.511. The molecular weight excluding hydrogens is 344 g/mol. The molecule has 0 radical (unpaired) electrons. The highest BCUT2D eigenvalue weighted by molar-refractivity contribution is 6.05. The molecule has 0 spiro atoms. The van der Waals surface area contributed by atoms with E-state index in [0.717, 1.165) is 22.0 Å². The van der Waals surface area contributed by atoms with Crippen LogP contribution in [0.4, 0.5) is 0 Å². The van der Waals surface area contributed by atoms with E-state index in [1.165, 1.54) is 0 Å². The summed E-state index contributed by atoms with van der Waals surface area (Å²) in [5.74, 6) is 1.91. The second kappa shape index (κ2) is 5.87. The Bertz CT molecular complexity index is 1280. The molecule has 5 aromatic rings. The van der Waals surface area contributed by atoms with Crippen LogP contribution < -0.4 is 4.74 Å². The van der Waals surface area contributed by atoms with Crippen LogP contribution in [0.2, 0.25) is 0 Å². The number of rotatable bonds is 3. The van der Waals surface area contributed by atoms with E-state index < -0.39 is 0 Å². The quantitative estimate of drug-likeness (QED) is 0.488. The lowest BCUT2D eigenvalue weighted by Crippen LogP contribution is -2.01. The second-order valence-electron chi connectivity index (χ2n) is 6.05. The number of nitrogens with zero attached hydrogens (tertiary/aromatic N) is 6. The van der Waals surface area contributed by atoms with Gasteiger partial charge in [0.05, 0.1) is 12.5 Å². The van der Waals surface area contributed by atoms with Crippen LogP contribution >= 0.6 is 0 Å². The molecule has 1 aromatic carbocycles. The molecule has 0 aliphatic carbocycles. The van der Waals surface area contributed by atoms with Crippen LogP contribution in [0.1, 0.15) is 5.76 Å². The van der Waals surface area contributed by atoms with E-state index in [1.54, 1.807) is 30.1 Å². The third kappa shape index (κ3) is 2.34. The fourth-order valence-corrected chi connectivity index (χ4v) is 3.16. The molecule has 0 fully saturated rings. The Morgan fingerprint density at radius 1 is 1.11 bits per heavy atom. The Morgan fingerprint density at radius 2 is 2.04 bits per heavy atom. The predicted molar refractivity (Wildman–Crippen MR) is 98.3 cm³/mol. The van der Waals surface area contributed by atoms with Gasteiger partial charge in [-0.05, 0) is 25.1 Å². The molecule has 132 valence electrons. The van der Waals surface area contributed by atoms with Crippen LogP contribution in [-0.2, 0) is 0 Å². The molecule has 8 nitrogen and oxygen atoms in total. The van der Waals surface area contributed by atoms with Gasteiger partial charge in [0.15, 0.2) is 11.3 Å². The summed E-state index contributed by atoms with van der Waals surface area (Å²) < 4.78 is 12.5. The molecule has 8 heteroatoms. The zero-order valence-electron chi connectivity index (χ0n) is 14.6. The smallest absolute Gasteiger partial charge is 0.207 e. The fourth-order valence-electron chi connectivity index (χ4n) is 3.16. The second-order valence-corrected chi connectivity index (χ2v) is 6.05. The summed E-state index contributed by atoms with van der Waals surface area (Å²) in [6.45, 7) is 1.83. The summed E-state index contributed by atoms with van der Waals surface area (Å²) in [5.41, 5.74) is 2.79. The van der Waals surface area contributed by atoms with Gasteiger partial charge in [-0.15, -0.1) is 10.2 Å². The number of methoxy groups -OCH3 is 1. The number of hydrogen-bond donors (Lipinski definition) is 0. The number of benzene rings is 1. The van der Waals surface area contributed by atoms with Crippen molar-refractivity contribution in [3.63, 3.8) is 0 Å². The topological polar surface area (TPSA) is 91.2 Å². The molecule has 27 heavy (non-hydrogen) atoms. The molecule has 0 atom stereocenters. The van der Waals surface area contributed by atoms with Crippen molar-refractivity contribution in [3.8, 4) is 28.5 Å². The standard InChI is InChI=1S/C19H14N6O2/c1-11-9-14(24-27-11)19-22-21-18-13-6-3-7-15(26-2)16(13)17(23-25(18)19)12-5-4-8-20-10-12/h3-10H,1-2H3. The number of ether oxygens (including phenoxy) is 1. The Kier molecular flexibility index (Phi) is 3.36. The van der Waals surface area contributed by atoms with Crippen molar-refractivity contribution in [2.45, 2.75) is 6.92 Å². The third-order valence-electron chi connectivity index (χ3n) is 4.36. The molecular formula is C19H14N6O2. The number of aromatic nitrogens is 6. The van der Waals surface area contributed by atoms with Gasteiger partial charge >= 0.3 is 0 Å². The lowest BCUT2D eigenvalue weighted by molar-refractivity contribution is 0.399. The minimum Gasteiger partial charge on any atom is -0.496 e. The van der Waals surface area contributed by atoms with Crippen molar-refractivity contribution < 1.29 is 9.26 Å². The molecule has 0 aliphatic rings. The van der Waals surface area contributed by atoms with E-state index in [0.29, 0.717) is 28.7 Å². The predicted octanol–water partition coefficient (Wildman–Crippen LogP) is 3.31. The largest absolute Gasteiger partial charge is 0.496 e. The van der Waals surface area contributed by atoms with Gasteiger partial charge in [0.1, 0.15) is 17.2 Å². The molecule has 0 bridgehead atoms. The van der Waals surface area contributed by atoms with Gasteiger partial charge in [0, 0.05) is 29.4 Å². The molecule has 0 unspecified atom stereocenters. The normalized spacial score (nSPS) is 11.3. The van der Waals surface area contributed by atoms with Gasteiger partial charge in [0.25, 0.3) is 0 Å². The van der Waals surface area contributed by atoms with Gasteiger partial charge in [-0.25, -0.2) is 0 Å². The van der Waals surface area contributed by atoms with Crippen LogP contribution in [0.25, 0.3) is 39.2 Å². The van der Waals surface area contributed by atoms with E-state index >= 15 is 0 Å². The summed E-state index contributed by atoms with van der Waals surface area (Å²) >= 11 is 0. The van der Waals surface area contributed by atoms with Crippen LogP contribution in [-0.4, -0.2) is 37.1 Å². The monoisotopic (exact) mass is 358 g/mol. The Hall–Kier alpha value is -3.81. The Balaban J connectivity index is 1.92. The molecule has 0 saturated carbocycles. The zero-order chi connectivity index (χ0) is 18.4. The van der Waals surface area contributed by atoms with Gasteiger partial charge in [-0.2, -0.15) is 9.61 Å². The first-order valence-corrected chi connectivity index (χ1v) is 8.32. The Morgan fingerprint density at radius 3 is 2.78 bits per heavy atom. The van der Waals surface area contributed by atoms with E-state index in [-0.39, 0.29) is 0 Å². The number of pyridine rings is 1. The van der Waals surface area contributed by atoms with Crippen molar-refractivity contribution >= 4 is 16.4 Å². The number of fused-ring (bicyclic) bond motifs is 3. The molecule has 4 heterocycles. The first-order valence-electron chi connectivity index (χ1n) is 8.32. The molecule has 0 saturated heterocycles. The summed E-state index contributed by atoms with van der Waals surface area (Å²) in [5, 5.41) is 19.2. The van der Waals surface area contributed by atoms with Crippen molar-refractivity contribution in [2.24, 2.45) is 0 Å². The lowest BCUT2D eigenvalue weighted by Gasteiger charge is -2.11. The minimum atomic E-state index is 0.511. The number of hydrogen-bond acceptors (Lipinski definition) is 7. The fraction of sp³-hybridized carbons (Fsp3) is 0.105. The highest BCUT2D eigenvalue weighted by Gasteiger charge is 2.20. The van der Waals surface area contributed by atoms with E-state index in [2.05, 4.69) is 20.3 Å². The lowest BCUT2D eigenvalue weighted by atomic mass is 10.1. The SMILES string of the molecule is COc1cccc2c1c(-c1cccnc1)nn1c(-c3cc(C)on3)nnc21. The molecule has 4 aromatic heterocycles. The molecule has 0 aliphatic heterocycles. The summed E-state index contributed by atoms with van der Waals surface area (Å²) in [7, 11) is 1.64. The van der Waals surface area contributed by atoms with Gasteiger partial charge in [0.2, 0.25) is 5.82 Å². The molecule has 0 amide bonds. The maximum absolute atomic E-state index is 5.59. The van der Waals surface area contributed by atoms with Crippen molar-refractivity contribution in [2.75, 3.05) is 7.11 Å². The van der Waals surface area contributed by atoms with E-state index in [4.69, 9.17) is 14.4 Å². The zero-order valence-corrected chi connectivity index (χ0v) is 14.6. The average molecular weight is 358 g/mol. The van der Waals surface area contributed by atoms with E-state index in [9.17, 15) is 0 Å². The maximum atomic E-state index is 5.59. The third-order valence-corrected chi connectivity index (χ3v) is 4.36. The summed E-state index contributed by atoms with van der Waals surface area (Å²) in [6.07, 6.45) is 3.49. The summed E-state index contributed by atoms with van der Waals surface area (Å²) in [6, 6.07) is 11.4. The van der Waals surface area contributed by atoms with Crippen molar-refractivity contribution in [1.29, 1.82) is 0 Å². The van der Waals surface area contributed by atoms with Gasteiger partial charge in [-0.1, -0.05) is 17.3 Å². The first-order chi connectivity index (χ1) is 13.3. The molecule has 5 rings (SSSR count). The summed E-state index contributed by atoms with van der Waals surface area (Å²) in [4.78, 5) is 4.23. The first kappa shape index (κ1) is 15.4. The maximum Gasteiger partial charge on any atom is 0.207 e. The molecule has 0 N–H and O–H groups in total. The van der Waals surface area contributed by atoms with Crippen molar-refractivity contribution in [1.82, 2.24) is 30.0 Å².